The molecule has 1 N–H and O–H groups in total. The summed E-state index contributed by atoms with van der Waals surface area (Å²) in [6.07, 6.45) is 2.73. The van der Waals surface area contributed by atoms with Crippen LogP contribution in [-0.4, -0.2) is 36.0 Å². The average molecular weight is 300 g/mol. The first-order valence-electron chi connectivity index (χ1n) is 7.05. The van der Waals surface area contributed by atoms with Crippen LogP contribution in [0.25, 0.3) is 0 Å². The molecule has 0 aliphatic heterocycles. The van der Waals surface area contributed by atoms with Gasteiger partial charge in [-0.15, -0.1) is 0 Å². The highest BCUT2D eigenvalue weighted by Crippen LogP contribution is 2.38. The van der Waals surface area contributed by atoms with Crippen molar-refractivity contribution in [2.45, 2.75) is 44.7 Å². The summed E-state index contributed by atoms with van der Waals surface area (Å²) in [4.78, 5) is 0.269. The van der Waals surface area contributed by atoms with Crippen LogP contribution in [0, 0.1) is 11.8 Å². The Morgan fingerprint density at radius 2 is 2.10 bits per heavy atom. The molecule has 1 saturated carbocycles. The van der Waals surface area contributed by atoms with Crippen LogP contribution in [0.1, 0.15) is 38.9 Å². The van der Waals surface area contributed by atoms with Gasteiger partial charge in [0.2, 0.25) is 10.0 Å². The molecule has 1 aromatic rings. The molecule has 0 spiro atoms. The molecule has 0 saturated heterocycles. The number of aliphatic hydroxyl groups is 1. The molecule has 1 fully saturated rings. The number of nitrogens with zero attached hydrogens (tertiary/aromatic N) is 2. The summed E-state index contributed by atoms with van der Waals surface area (Å²) in [6, 6.07) is 1.69. The lowest BCUT2D eigenvalue weighted by Crippen LogP contribution is -2.29. The van der Waals surface area contributed by atoms with Crippen LogP contribution in [0.4, 0.5) is 0 Å². The van der Waals surface area contributed by atoms with Crippen LogP contribution in [0.15, 0.2) is 17.2 Å². The van der Waals surface area contributed by atoms with E-state index in [4.69, 9.17) is 0 Å². The molecule has 0 aromatic carbocycles. The zero-order valence-electron chi connectivity index (χ0n) is 12.6. The molecule has 2 rings (SSSR count). The smallest absolute Gasteiger partial charge is 0.244 e. The van der Waals surface area contributed by atoms with Gasteiger partial charge in [-0.1, -0.05) is 6.92 Å². The average Bonchev–Trinajstić information content (AvgIpc) is 2.92. The van der Waals surface area contributed by atoms with E-state index < -0.39 is 10.0 Å². The Labute approximate surface area is 121 Å². The van der Waals surface area contributed by atoms with Crippen LogP contribution >= 0.6 is 0 Å². The molecule has 6 heteroatoms. The molecule has 2 atom stereocenters. The van der Waals surface area contributed by atoms with Gasteiger partial charge in [0.15, 0.2) is 0 Å². The first kappa shape index (κ1) is 15.5. The van der Waals surface area contributed by atoms with Crippen LogP contribution < -0.4 is 0 Å². The Hall–Kier alpha value is -0.850. The van der Waals surface area contributed by atoms with Crippen molar-refractivity contribution in [3.63, 3.8) is 0 Å². The van der Waals surface area contributed by atoms with Gasteiger partial charge in [0.25, 0.3) is 0 Å². The third kappa shape index (κ3) is 2.92. The molecule has 20 heavy (non-hydrogen) atoms. The maximum atomic E-state index is 12.5. The molecule has 0 radical (unpaired) electrons. The van der Waals surface area contributed by atoms with Crippen molar-refractivity contribution < 1.29 is 13.5 Å². The fourth-order valence-electron chi connectivity index (χ4n) is 2.51. The predicted molar refractivity (Wildman–Crippen MR) is 77.8 cm³/mol. The summed E-state index contributed by atoms with van der Waals surface area (Å²) in [5, 5.41) is 9.35. The Balaban J connectivity index is 2.24. The van der Waals surface area contributed by atoms with Crippen molar-refractivity contribution in [1.82, 2.24) is 8.87 Å². The summed E-state index contributed by atoms with van der Waals surface area (Å²) < 4.78 is 28.3. The molecule has 0 amide bonds. The van der Waals surface area contributed by atoms with E-state index >= 15 is 0 Å². The summed E-state index contributed by atoms with van der Waals surface area (Å²) in [5.41, 5.74) is 0.631. The normalized spacial score (nSPS) is 22.8. The first-order valence-corrected chi connectivity index (χ1v) is 8.49. The third-order valence-corrected chi connectivity index (χ3v) is 5.89. The number of hydrogen-bond acceptors (Lipinski definition) is 3. The Kier molecular flexibility index (Phi) is 4.27. The van der Waals surface area contributed by atoms with Gasteiger partial charge in [-0.3, -0.25) is 0 Å². The highest BCUT2D eigenvalue weighted by Gasteiger charge is 2.36. The Bertz CT molecular complexity index is 577. The van der Waals surface area contributed by atoms with Gasteiger partial charge in [0.1, 0.15) is 4.90 Å². The van der Waals surface area contributed by atoms with Crippen molar-refractivity contribution in [1.29, 1.82) is 0 Å². The van der Waals surface area contributed by atoms with Crippen molar-refractivity contribution in [2.75, 3.05) is 13.6 Å². The van der Waals surface area contributed by atoms with Crippen molar-refractivity contribution >= 4 is 10.0 Å². The van der Waals surface area contributed by atoms with Crippen LogP contribution in [-0.2, 0) is 16.6 Å². The first-order chi connectivity index (χ1) is 9.27. The molecule has 1 aliphatic carbocycles. The lowest BCUT2D eigenvalue weighted by atomic mass is 10.3. The van der Waals surface area contributed by atoms with E-state index in [-0.39, 0.29) is 17.5 Å². The summed E-state index contributed by atoms with van der Waals surface area (Å²) in [5.74, 6) is 1.11. The second-order valence-electron chi connectivity index (χ2n) is 6.08. The standard InChI is InChI=1S/C14H24N2O3S/c1-10(2)16-8-14(6-13(16)9-17)20(18,19)15(4)7-12-5-11(12)3/h6,8,10-12,17H,5,7,9H2,1-4H3. The van der Waals surface area contributed by atoms with Crippen LogP contribution in [0.3, 0.4) is 0 Å². The second kappa shape index (κ2) is 5.50. The summed E-state index contributed by atoms with van der Waals surface area (Å²) >= 11 is 0. The van der Waals surface area contributed by atoms with Gasteiger partial charge >= 0.3 is 0 Å². The van der Waals surface area contributed by atoms with Crippen LogP contribution in [0.5, 0.6) is 0 Å². The number of aliphatic hydroxyl groups excluding tert-OH is 1. The van der Waals surface area contributed by atoms with E-state index in [0.717, 1.165) is 6.42 Å². The van der Waals surface area contributed by atoms with E-state index in [1.807, 2.05) is 13.8 Å². The zero-order chi connectivity index (χ0) is 15.1. The van der Waals surface area contributed by atoms with Gasteiger partial charge in [-0.25, -0.2) is 12.7 Å². The zero-order valence-corrected chi connectivity index (χ0v) is 13.4. The molecule has 1 aromatic heterocycles. The van der Waals surface area contributed by atoms with Crippen molar-refractivity contribution in [2.24, 2.45) is 11.8 Å². The molecule has 1 heterocycles. The highest BCUT2D eigenvalue weighted by atomic mass is 32.2. The minimum Gasteiger partial charge on any atom is -0.390 e. The monoisotopic (exact) mass is 300 g/mol. The minimum atomic E-state index is -3.46. The van der Waals surface area contributed by atoms with Gasteiger partial charge in [-0.2, -0.15) is 0 Å². The van der Waals surface area contributed by atoms with E-state index in [2.05, 4.69) is 6.92 Å². The van der Waals surface area contributed by atoms with E-state index in [1.165, 1.54) is 4.31 Å². The number of rotatable bonds is 6. The highest BCUT2D eigenvalue weighted by molar-refractivity contribution is 7.89. The summed E-state index contributed by atoms with van der Waals surface area (Å²) in [6.45, 7) is 6.49. The molecule has 1 aliphatic rings. The summed E-state index contributed by atoms with van der Waals surface area (Å²) in [7, 11) is -1.83. The van der Waals surface area contributed by atoms with Crippen LogP contribution in [0.2, 0.25) is 0 Å². The SMILES string of the molecule is CC1CC1CN(C)S(=O)(=O)c1cc(CO)n(C(C)C)c1. The molecule has 0 bridgehead atoms. The van der Waals surface area contributed by atoms with Gasteiger partial charge in [0.05, 0.1) is 6.61 Å². The predicted octanol–water partition coefficient (Wildman–Crippen LogP) is 1.84. The van der Waals surface area contributed by atoms with Gasteiger partial charge in [0, 0.05) is 31.5 Å². The molecule has 2 unspecified atom stereocenters. The molecule has 5 nitrogen and oxygen atoms in total. The fourth-order valence-corrected chi connectivity index (χ4v) is 3.79. The largest absolute Gasteiger partial charge is 0.390 e. The molecular formula is C14H24N2O3S. The molecular weight excluding hydrogens is 276 g/mol. The lowest BCUT2D eigenvalue weighted by molar-refractivity contribution is 0.268. The molecule has 114 valence electrons. The third-order valence-electron chi connectivity index (χ3n) is 4.10. The Morgan fingerprint density at radius 3 is 2.50 bits per heavy atom. The number of sulfonamides is 1. The number of aromatic nitrogens is 1. The second-order valence-corrected chi connectivity index (χ2v) is 8.13. The van der Waals surface area contributed by atoms with E-state index in [9.17, 15) is 13.5 Å². The number of hydrogen-bond donors (Lipinski definition) is 1. The van der Waals surface area contributed by atoms with E-state index in [0.29, 0.717) is 24.1 Å². The van der Waals surface area contributed by atoms with Crippen molar-refractivity contribution in [3.05, 3.63) is 18.0 Å². The minimum absolute atomic E-state index is 0.120. The topological polar surface area (TPSA) is 62.5 Å². The van der Waals surface area contributed by atoms with Gasteiger partial charge < -0.3 is 9.67 Å². The van der Waals surface area contributed by atoms with Crippen molar-refractivity contribution in [3.8, 4) is 0 Å². The van der Waals surface area contributed by atoms with E-state index in [1.54, 1.807) is 23.9 Å². The Morgan fingerprint density at radius 1 is 1.50 bits per heavy atom. The fraction of sp³-hybridized carbons (Fsp3) is 0.714. The quantitative estimate of drug-likeness (QED) is 0.872. The maximum Gasteiger partial charge on any atom is 0.244 e. The lowest BCUT2D eigenvalue weighted by Gasteiger charge is -2.16. The maximum absolute atomic E-state index is 12.5. The van der Waals surface area contributed by atoms with Gasteiger partial charge in [-0.05, 0) is 38.2 Å².